The minimum Gasteiger partial charge on any atom is -0.464 e. The Labute approximate surface area is 119 Å². The van der Waals surface area contributed by atoms with Crippen molar-refractivity contribution in [2.45, 2.75) is 19.4 Å². The van der Waals surface area contributed by atoms with Crippen molar-refractivity contribution in [2.24, 2.45) is 0 Å². The van der Waals surface area contributed by atoms with Crippen LogP contribution in [-0.2, 0) is 19.8 Å². The van der Waals surface area contributed by atoms with Crippen molar-refractivity contribution in [3.8, 4) is 0 Å². The molecule has 1 aromatic carbocycles. The van der Waals surface area contributed by atoms with Gasteiger partial charge in [0.2, 0.25) is 0 Å². The number of carbonyl (C=O) groups is 1. The van der Waals surface area contributed by atoms with E-state index in [1.165, 1.54) is 0 Å². The van der Waals surface area contributed by atoms with Gasteiger partial charge in [-0.15, -0.1) is 0 Å². The molecule has 0 aliphatic rings. The fourth-order valence-electron chi connectivity index (χ4n) is 1.77. The highest BCUT2D eigenvalue weighted by Crippen LogP contribution is 2.25. The van der Waals surface area contributed by atoms with Crippen LogP contribution in [0.1, 0.15) is 19.4 Å². The van der Waals surface area contributed by atoms with Gasteiger partial charge in [-0.3, -0.25) is 5.32 Å². The van der Waals surface area contributed by atoms with E-state index in [0.29, 0.717) is 24.8 Å². The minimum absolute atomic E-state index is 0.326. The molecule has 0 aromatic heterocycles. The van der Waals surface area contributed by atoms with Crippen LogP contribution in [0.3, 0.4) is 0 Å². The maximum absolute atomic E-state index is 12.2. The molecule has 1 unspecified atom stereocenters. The quantitative estimate of drug-likeness (QED) is 0.617. The predicted octanol–water partition coefficient (Wildman–Crippen LogP) is 2.35. The highest BCUT2D eigenvalue weighted by Gasteiger charge is 2.36. The van der Waals surface area contributed by atoms with Gasteiger partial charge in [0, 0.05) is 18.7 Å². The molecule has 0 fully saturated rings. The lowest BCUT2D eigenvalue weighted by Crippen LogP contribution is -2.48. The average molecular weight is 286 g/mol. The number of halogens is 1. The number of benzene rings is 1. The highest BCUT2D eigenvalue weighted by atomic mass is 35.5. The van der Waals surface area contributed by atoms with Crippen molar-refractivity contribution < 1.29 is 14.3 Å². The van der Waals surface area contributed by atoms with E-state index >= 15 is 0 Å². The van der Waals surface area contributed by atoms with Crippen LogP contribution < -0.4 is 5.32 Å². The Hall–Kier alpha value is -1.10. The molecule has 0 radical (unpaired) electrons. The Morgan fingerprint density at radius 1 is 1.47 bits per heavy atom. The molecular weight excluding hydrogens is 266 g/mol. The van der Waals surface area contributed by atoms with Crippen molar-refractivity contribution in [3.05, 3.63) is 34.9 Å². The van der Waals surface area contributed by atoms with Gasteiger partial charge < -0.3 is 9.47 Å². The Bertz CT molecular complexity index is 425. The van der Waals surface area contributed by atoms with Crippen LogP contribution in [0.15, 0.2) is 24.3 Å². The molecule has 0 saturated carbocycles. The number of ether oxygens (including phenoxy) is 2. The molecule has 0 bridgehead atoms. The van der Waals surface area contributed by atoms with E-state index in [0.717, 1.165) is 5.56 Å². The molecule has 0 saturated heterocycles. The zero-order chi connectivity index (χ0) is 14.3. The second kappa shape index (κ2) is 7.48. The summed E-state index contributed by atoms with van der Waals surface area (Å²) in [5, 5.41) is 3.75. The Morgan fingerprint density at radius 3 is 2.79 bits per heavy atom. The molecule has 1 aromatic rings. The average Bonchev–Trinajstić information content (AvgIpc) is 2.39. The van der Waals surface area contributed by atoms with Gasteiger partial charge in [0.1, 0.15) is 5.54 Å². The third kappa shape index (κ3) is 4.20. The summed E-state index contributed by atoms with van der Waals surface area (Å²) >= 11 is 5.99. The summed E-state index contributed by atoms with van der Waals surface area (Å²) in [6, 6.07) is 7.19. The van der Waals surface area contributed by atoms with Crippen molar-refractivity contribution in [1.82, 2.24) is 5.32 Å². The molecule has 0 aliphatic carbocycles. The number of nitrogens with one attached hydrogen (secondary N) is 1. The number of rotatable bonds is 7. The number of methoxy groups -OCH3 is 1. The van der Waals surface area contributed by atoms with Gasteiger partial charge in [0.05, 0.1) is 13.2 Å². The van der Waals surface area contributed by atoms with Crippen LogP contribution in [-0.4, -0.2) is 32.8 Å². The van der Waals surface area contributed by atoms with Gasteiger partial charge in [-0.05, 0) is 31.5 Å². The molecule has 106 valence electrons. The van der Waals surface area contributed by atoms with Gasteiger partial charge in [0.15, 0.2) is 0 Å². The van der Waals surface area contributed by atoms with E-state index in [2.05, 4.69) is 5.32 Å². The maximum atomic E-state index is 12.2. The lowest BCUT2D eigenvalue weighted by atomic mass is 9.92. The van der Waals surface area contributed by atoms with Crippen LogP contribution in [0.25, 0.3) is 0 Å². The van der Waals surface area contributed by atoms with E-state index in [9.17, 15) is 4.79 Å². The Balaban J connectivity index is 2.99. The first-order valence-electron chi connectivity index (χ1n) is 6.21. The zero-order valence-electron chi connectivity index (χ0n) is 11.5. The van der Waals surface area contributed by atoms with Crippen LogP contribution in [0.5, 0.6) is 0 Å². The molecule has 0 spiro atoms. The van der Waals surface area contributed by atoms with E-state index < -0.39 is 5.54 Å². The SMILES string of the molecule is CCOC(=O)C(C)(NCCOC)c1cccc(Cl)c1. The van der Waals surface area contributed by atoms with Crippen LogP contribution in [0.2, 0.25) is 5.02 Å². The first kappa shape index (κ1) is 16.0. The normalized spacial score (nSPS) is 13.9. The minimum atomic E-state index is -0.931. The first-order chi connectivity index (χ1) is 9.04. The number of hydrogen-bond donors (Lipinski definition) is 1. The molecule has 1 N–H and O–H groups in total. The molecular formula is C14H20ClNO3. The molecule has 0 amide bonds. The fraction of sp³-hybridized carbons (Fsp3) is 0.500. The van der Waals surface area contributed by atoms with E-state index in [1.807, 2.05) is 12.1 Å². The van der Waals surface area contributed by atoms with Crippen molar-refractivity contribution >= 4 is 17.6 Å². The fourth-order valence-corrected chi connectivity index (χ4v) is 1.96. The highest BCUT2D eigenvalue weighted by molar-refractivity contribution is 6.30. The summed E-state index contributed by atoms with van der Waals surface area (Å²) in [4.78, 5) is 12.2. The lowest BCUT2D eigenvalue weighted by Gasteiger charge is -2.29. The van der Waals surface area contributed by atoms with Gasteiger partial charge in [-0.1, -0.05) is 23.7 Å². The standard InChI is InChI=1S/C14H20ClNO3/c1-4-19-13(17)14(2,16-8-9-18-3)11-6-5-7-12(15)10-11/h5-7,10,16H,4,8-9H2,1-3H3. The summed E-state index contributed by atoms with van der Waals surface area (Å²) in [5.74, 6) is -0.326. The number of esters is 1. The third-order valence-corrected chi connectivity index (χ3v) is 3.11. The van der Waals surface area contributed by atoms with Gasteiger partial charge in [0.25, 0.3) is 0 Å². The molecule has 0 aliphatic heterocycles. The molecule has 19 heavy (non-hydrogen) atoms. The summed E-state index contributed by atoms with van der Waals surface area (Å²) in [5.41, 5.74) is -0.158. The predicted molar refractivity (Wildman–Crippen MR) is 75.3 cm³/mol. The smallest absolute Gasteiger partial charge is 0.330 e. The van der Waals surface area contributed by atoms with Crippen LogP contribution in [0.4, 0.5) is 0 Å². The topological polar surface area (TPSA) is 47.6 Å². The maximum Gasteiger partial charge on any atom is 0.330 e. The van der Waals surface area contributed by atoms with E-state index in [4.69, 9.17) is 21.1 Å². The van der Waals surface area contributed by atoms with Crippen molar-refractivity contribution in [2.75, 3.05) is 26.9 Å². The van der Waals surface area contributed by atoms with Crippen molar-refractivity contribution in [3.63, 3.8) is 0 Å². The Morgan fingerprint density at radius 2 is 2.21 bits per heavy atom. The van der Waals surface area contributed by atoms with Gasteiger partial charge >= 0.3 is 5.97 Å². The number of carbonyl (C=O) groups excluding carboxylic acids is 1. The van der Waals surface area contributed by atoms with E-state index in [-0.39, 0.29) is 5.97 Å². The van der Waals surface area contributed by atoms with Gasteiger partial charge in [-0.25, -0.2) is 4.79 Å². The van der Waals surface area contributed by atoms with Gasteiger partial charge in [-0.2, -0.15) is 0 Å². The summed E-state index contributed by atoms with van der Waals surface area (Å²) in [6.45, 7) is 4.95. The lowest BCUT2D eigenvalue weighted by molar-refractivity contribution is -0.151. The largest absolute Gasteiger partial charge is 0.464 e. The van der Waals surface area contributed by atoms with E-state index in [1.54, 1.807) is 33.1 Å². The molecule has 1 atom stereocenters. The summed E-state index contributed by atoms with van der Waals surface area (Å²) < 4.78 is 10.1. The van der Waals surface area contributed by atoms with Crippen LogP contribution in [0, 0.1) is 0 Å². The second-order valence-electron chi connectivity index (χ2n) is 4.28. The summed E-state index contributed by atoms with van der Waals surface area (Å²) in [6.07, 6.45) is 0. The zero-order valence-corrected chi connectivity index (χ0v) is 12.3. The Kier molecular flexibility index (Phi) is 6.28. The number of hydrogen-bond acceptors (Lipinski definition) is 4. The van der Waals surface area contributed by atoms with Crippen molar-refractivity contribution in [1.29, 1.82) is 0 Å². The third-order valence-electron chi connectivity index (χ3n) is 2.87. The molecule has 1 rings (SSSR count). The molecule has 5 heteroatoms. The second-order valence-corrected chi connectivity index (χ2v) is 4.71. The molecule has 0 heterocycles. The monoisotopic (exact) mass is 285 g/mol. The molecule has 4 nitrogen and oxygen atoms in total. The summed E-state index contributed by atoms with van der Waals surface area (Å²) in [7, 11) is 1.61. The first-order valence-corrected chi connectivity index (χ1v) is 6.59. The van der Waals surface area contributed by atoms with Crippen LogP contribution >= 0.6 is 11.6 Å².